The first kappa shape index (κ1) is 12.4. The van der Waals surface area contributed by atoms with Crippen LogP contribution in [0.2, 0.25) is 0 Å². The lowest BCUT2D eigenvalue weighted by molar-refractivity contribution is 0.388. The second kappa shape index (κ2) is 4.07. The third-order valence-corrected chi connectivity index (χ3v) is 4.07. The molecule has 0 radical (unpaired) electrons. The van der Waals surface area contributed by atoms with Gasteiger partial charge in [-0.1, -0.05) is 42.5 Å². The molecule has 0 heterocycles. The van der Waals surface area contributed by atoms with Crippen LogP contribution in [0.3, 0.4) is 0 Å². The van der Waals surface area contributed by atoms with Crippen LogP contribution in [0.5, 0.6) is 5.75 Å². The summed E-state index contributed by atoms with van der Waals surface area (Å²) in [6.07, 6.45) is 0. The van der Waals surface area contributed by atoms with E-state index in [1.165, 1.54) is 0 Å². The molecule has 0 atom stereocenters. The Morgan fingerprint density at radius 2 is 1.33 bits per heavy atom. The molecule has 4 aromatic carbocycles. The minimum absolute atomic E-state index is 0.128. The number of rotatable bonds is 2. The molecule has 0 spiro atoms. The quantitative estimate of drug-likeness (QED) is 0.452. The van der Waals surface area contributed by atoms with E-state index in [-0.39, 0.29) is 5.75 Å². The van der Waals surface area contributed by atoms with E-state index in [0.29, 0.717) is 5.39 Å². The summed E-state index contributed by atoms with van der Waals surface area (Å²) in [5.74, 6) is 0.128. The summed E-state index contributed by atoms with van der Waals surface area (Å²) < 4.78 is 35.6. The van der Waals surface area contributed by atoms with E-state index in [0.717, 1.165) is 26.9 Å². The summed E-state index contributed by atoms with van der Waals surface area (Å²) in [5.41, 5.74) is 0. The summed E-state index contributed by atoms with van der Waals surface area (Å²) >= 11 is 0. The molecule has 4 nitrogen and oxygen atoms in total. The van der Waals surface area contributed by atoms with E-state index in [1.54, 1.807) is 12.1 Å². The van der Waals surface area contributed by atoms with Gasteiger partial charge in [0.1, 0.15) is 0 Å². The molecule has 4 aromatic rings. The van der Waals surface area contributed by atoms with E-state index in [1.807, 2.05) is 42.5 Å². The Hall–Kier alpha value is -2.37. The number of hydrogen-bond donors (Lipinski definition) is 1. The summed E-state index contributed by atoms with van der Waals surface area (Å²) in [5, 5.41) is 5.82. The van der Waals surface area contributed by atoms with Crippen molar-refractivity contribution in [1.29, 1.82) is 0 Å². The van der Waals surface area contributed by atoms with Crippen molar-refractivity contribution < 1.29 is 17.2 Å². The average Bonchev–Trinajstić information content (AvgIpc) is 2.45. The van der Waals surface area contributed by atoms with E-state index in [9.17, 15) is 8.42 Å². The molecule has 0 unspecified atom stereocenters. The molecule has 21 heavy (non-hydrogen) atoms. The molecule has 0 aliphatic carbocycles. The molecule has 0 aliphatic rings. The van der Waals surface area contributed by atoms with Gasteiger partial charge >= 0.3 is 10.4 Å². The van der Waals surface area contributed by atoms with Crippen LogP contribution in [0.1, 0.15) is 0 Å². The van der Waals surface area contributed by atoms with Crippen LogP contribution in [-0.4, -0.2) is 13.0 Å². The standard InChI is InChI=1S/C16H10O4S/c17-21(18,19)20-14-9-7-12-5-4-10-2-1-3-11-6-8-13(14)16(12)15(10)11/h1-9H,(H,17,18,19). The van der Waals surface area contributed by atoms with E-state index in [2.05, 4.69) is 4.18 Å². The van der Waals surface area contributed by atoms with Crippen molar-refractivity contribution in [3.63, 3.8) is 0 Å². The van der Waals surface area contributed by atoms with Gasteiger partial charge in [-0.2, -0.15) is 8.42 Å². The van der Waals surface area contributed by atoms with Crippen LogP contribution >= 0.6 is 0 Å². The van der Waals surface area contributed by atoms with Gasteiger partial charge < -0.3 is 4.18 Å². The zero-order valence-electron chi connectivity index (χ0n) is 10.8. The van der Waals surface area contributed by atoms with E-state index in [4.69, 9.17) is 4.55 Å². The Balaban J connectivity index is 2.20. The second-order valence-electron chi connectivity index (χ2n) is 4.93. The van der Waals surface area contributed by atoms with Crippen LogP contribution in [0, 0.1) is 0 Å². The van der Waals surface area contributed by atoms with Gasteiger partial charge in [0, 0.05) is 10.8 Å². The highest BCUT2D eigenvalue weighted by Gasteiger charge is 2.14. The minimum atomic E-state index is -4.54. The SMILES string of the molecule is O=S(=O)(O)Oc1ccc2ccc3cccc4ccc1c2c34. The largest absolute Gasteiger partial charge is 0.446 e. The first-order chi connectivity index (χ1) is 10.0. The van der Waals surface area contributed by atoms with Crippen LogP contribution in [0.4, 0.5) is 0 Å². The Labute approximate surface area is 120 Å². The van der Waals surface area contributed by atoms with E-state index < -0.39 is 10.4 Å². The van der Waals surface area contributed by atoms with Gasteiger partial charge in [0.15, 0.2) is 5.75 Å². The fourth-order valence-corrected chi connectivity index (χ4v) is 3.27. The van der Waals surface area contributed by atoms with Crippen molar-refractivity contribution in [2.75, 3.05) is 0 Å². The molecule has 0 saturated heterocycles. The normalized spacial score (nSPS) is 12.4. The molecule has 1 N–H and O–H groups in total. The predicted molar refractivity (Wildman–Crippen MR) is 82.3 cm³/mol. The van der Waals surface area contributed by atoms with Crippen LogP contribution in [-0.2, 0) is 10.4 Å². The minimum Gasteiger partial charge on any atom is -0.361 e. The van der Waals surface area contributed by atoms with Crippen LogP contribution < -0.4 is 4.18 Å². The number of benzene rings is 4. The first-order valence-electron chi connectivity index (χ1n) is 6.36. The molecule has 0 aromatic heterocycles. The third kappa shape index (κ3) is 1.90. The molecule has 104 valence electrons. The van der Waals surface area contributed by atoms with Crippen molar-refractivity contribution in [2.24, 2.45) is 0 Å². The van der Waals surface area contributed by atoms with Crippen molar-refractivity contribution in [3.8, 4) is 5.75 Å². The molecule has 0 fully saturated rings. The molecule has 0 amide bonds. The smallest absolute Gasteiger partial charge is 0.361 e. The molecule has 5 heteroatoms. The van der Waals surface area contributed by atoms with Crippen molar-refractivity contribution >= 4 is 42.7 Å². The lowest BCUT2D eigenvalue weighted by Crippen LogP contribution is -2.06. The maximum absolute atomic E-state index is 11.0. The Bertz CT molecular complexity index is 1070. The maximum atomic E-state index is 11.0. The summed E-state index contributed by atoms with van der Waals surface area (Å²) in [7, 11) is -4.54. The maximum Gasteiger partial charge on any atom is 0.446 e. The molecule has 0 bridgehead atoms. The van der Waals surface area contributed by atoms with Gasteiger partial charge in [-0.3, -0.25) is 4.55 Å². The van der Waals surface area contributed by atoms with Crippen molar-refractivity contribution in [3.05, 3.63) is 54.6 Å². The van der Waals surface area contributed by atoms with Gasteiger partial charge in [-0.15, -0.1) is 0 Å². The lowest BCUT2D eigenvalue weighted by atomic mass is 9.94. The Morgan fingerprint density at radius 3 is 2.00 bits per heavy atom. The van der Waals surface area contributed by atoms with Crippen LogP contribution in [0.25, 0.3) is 32.3 Å². The third-order valence-electron chi connectivity index (χ3n) is 3.68. The average molecular weight is 298 g/mol. The lowest BCUT2D eigenvalue weighted by Gasteiger charge is -2.12. The molecule has 0 aliphatic heterocycles. The zero-order chi connectivity index (χ0) is 14.6. The molecular weight excluding hydrogens is 288 g/mol. The topological polar surface area (TPSA) is 63.6 Å². The highest BCUT2D eigenvalue weighted by atomic mass is 32.3. The second-order valence-corrected chi connectivity index (χ2v) is 5.95. The fraction of sp³-hybridized carbons (Fsp3) is 0. The van der Waals surface area contributed by atoms with Gasteiger partial charge in [-0.25, -0.2) is 0 Å². The fourth-order valence-electron chi connectivity index (χ4n) is 2.89. The van der Waals surface area contributed by atoms with Gasteiger partial charge in [0.2, 0.25) is 0 Å². The Morgan fingerprint density at radius 1 is 0.762 bits per heavy atom. The summed E-state index contributed by atoms with van der Waals surface area (Å²) in [6.45, 7) is 0. The highest BCUT2D eigenvalue weighted by Crippen LogP contribution is 2.38. The summed E-state index contributed by atoms with van der Waals surface area (Å²) in [4.78, 5) is 0. The predicted octanol–water partition coefficient (Wildman–Crippen LogP) is 3.77. The van der Waals surface area contributed by atoms with Gasteiger partial charge in [0.05, 0.1) is 0 Å². The molecule has 4 rings (SSSR count). The zero-order valence-corrected chi connectivity index (χ0v) is 11.6. The Kier molecular flexibility index (Phi) is 2.40. The van der Waals surface area contributed by atoms with Crippen molar-refractivity contribution in [1.82, 2.24) is 0 Å². The van der Waals surface area contributed by atoms with Crippen LogP contribution in [0.15, 0.2) is 54.6 Å². The van der Waals surface area contributed by atoms with Crippen molar-refractivity contribution in [2.45, 2.75) is 0 Å². The summed E-state index contributed by atoms with van der Waals surface area (Å²) in [6, 6.07) is 17.1. The molecule has 0 saturated carbocycles. The van der Waals surface area contributed by atoms with Gasteiger partial charge in [-0.05, 0) is 33.7 Å². The monoisotopic (exact) mass is 298 g/mol. The first-order valence-corrected chi connectivity index (χ1v) is 7.73. The number of hydrogen-bond acceptors (Lipinski definition) is 3. The van der Waals surface area contributed by atoms with Gasteiger partial charge in [0.25, 0.3) is 0 Å². The molecular formula is C16H10O4S. The van der Waals surface area contributed by atoms with E-state index >= 15 is 0 Å². The highest BCUT2D eigenvalue weighted by molar-refractivity contribution is 7.81.